The standard InChI is InChI=1S/C28H41F3N4O4/c1-26(2,3)23-14-24(35(34(23)7)16-20-9-8-12-38-20)33-25(37)21-13-18(28(29,30)31)10-11-22(21)39-17-19(36)15-32-27(4,5)6/h10-11,13-14,19-20,32,36H,8-9,12,15-17H2,1-7H3/t19-,20+/m0/s1. The third-order valence-electron chi connectivity index (χ3n) is 6.46. The molecule has 8 nitrogen and oxygen atoms in total. The average Bonchev–Trinajstić information content (AvgIpc) is 3.44. The highest BCUT2D eigenvalue weighted by molar-refractivity contribution is 5.97. The molecule has 11 heteroatoms. The number of halogens is 3. The number of nitrogens with zero attached hydrogens (tertiary/aromatic N) is 3. The number of hydrogen-bond donors (Lipinski definition) is 2. The molecule has 218 valence electrons. The van der Waals surface area contributed by atoms with E-state index in [1.807, 2.05) is 58.0 Å². The number of amides is 1. The summed E-state index contributed by atoms with van der Waals surface area (Å²) < 4.78 is 55.8. The van der Waals surface area contributed by atoms with Gasteiger partial charge in [-0.05, 0) is 51.8 Å². The highest BCUT2D eigenvalue weighted by Crippen LogP contribution is 2.33. The number of aromatic nitrogens is 2. The smallest absolute Gasteiger partial charge is 0.416 e. The summed E-state index contributed by atoms with van der Waals surface area (Å²) in [5.41, 5.74) is -0.603. The third kappa shape index (κ3) is 8.43. The van der Waals surface area contributed by atoms with E-state index in [4.69, 9.17) is 9.47 Å². The molecule has 2 atom stereocenters. The predicted octanol–water partition coefficient (Wildman–Crippen LogP) is 4.19. The largest absolute Gasteiger partial charge is 0.490 e. The van der Waals surface area contributed by atoms with Crippen molar-refractivity contribution in [2.24, 2.45) is 12.0 Å². The molecule has 0 radical (unpaired) electrons. The van der Waals surface area contributed by atoms with Crippen LogP contribution < -0.4 is 15.5 Å². The van der Waals surface area contributed by atoms with Crippen LogP contribution in [0.3, 0.4) is 0 Å². The Morgan fingerprint density at radius 3 is 2.46 bits per heavy atom. The van der Waals surface area contributed by atoms with Crippen LogP contribution in [0.5, 0.6) is 5.75 Å². The minimum absolute atomic E-state index is 0.0453. The van der Waals surface area contributed by atoms with E-state index >= 15 is 0 Å². The Bertz CT molecular complexity index is 1210. The van der Waals surface area contributed by atoms with Gasteiger partial charge in [0.1, 0.15) is 18.5 Å². The van der Waals surface area contributed by atoms with E-state index in [9.17, 15) is 23.1 Å². The van der Waals surface area contributed by atoms with Crippen molar-refractivity contribution in [3.8, 4) is 5.75 Å². The van der Waals surface area contributed by atoms with Crippen LogP contribution in [0.4, 0.5) is 13.2 Å². The molecule has 2 aromatic rings. The second-order valence-electron chi connectivity index (χ2n) is 12.1. The van der Waals surface area contributed by atoms with Crippen LogP contribution in [-0.4, -0.2) is 57.9 Å². The highest BCUT2D eigenvalue weighted by atomic mass is 19.4. The summed E-state index contributed by atoms with van der Waals surface area (Å²) in [6.07, 6.45) is -3.83. The van der Waals surface area contributed by atoms with Gasteiger partial charge in [0.2, 0.25) is 0 Å². The molecule has 0 spiro atoms. The lowest BCUT2D eigenvalue weighted by molar-refractivity contribution is -0.137. The number of ether oxygens (including phenoxy) is 2. The summed E-state index contributed by atoms with van der Waals surface area (Å²) in [5, 5.41) is 13.4. The number of aliphatic hydroxyl groups is 1. The monoisotopic (exact) mass is 554 g/mol. The molecular weight excluding hydrogens is 513 g/mol. The number of carbonyl (C=O) groups is 1. The second kappa shape index (κ2) is 11.9. The molecule has 0 aliphatic carbocycles. The molecule has 1 fully saturated rings. The van der Waals surface area contributed by atoms with Crippen LogP contribution in [0.2, 0.25) is 0 Å². The Balaban J connectivity index is 2.00. The molecule has 2 heterocycles. The molecule has 0 unspecified atom stereocenters. The van der Waals surface area contributed by atoms with Gasteiger partial charge >= 0.3 is 6.18 Å². The molecule has 1 amide bonds. The number of benzene rings is 1. The van der Waals surface area contributed by atoms with E-state index in [1.165, 1.54) is 0 Å². The van der Waals surface area contributed by atoms with Crippen molar-refractivity contribution in [3.05, 3.63) is 46.6 Å². The Morgan fingerprint density at radius 1 is 1.21 bits per heavy atom. The zero-order valence-electron chi connectivity index (χ0n) is 23.9. The maximum absolute atomic E-state index is 13.5. The van der Waals surface area contributed by atoms with Gasteiger partial charge in [-0.2, -0.15) is 18.2 Å². The summed E-state index contributed by atoms with van der Waals surface area (Å²) in [7, 11) is 1.87. The van der Waals surface area contributed by atoms with Gasteiger partial charge in [-0.15, -0.1) is 0 Å². The van der Waals surface area contributed by atoms with E-state index in [0.29, 0.717) is 18.6 Å². The molecule has 39 heavy (non-hydrogen) atoms. The normalized spacial score (nSPS) is 18.0. The number of nitrogens with one attached hydrogen (secondary N) is 1. The molecule has 3 rings (SSSR count). The second-order valence-corrected chi connectivity index (χ2v) is 12.1. The van der Waals surface area contributed by atoms with Crippen molar-refractivity contribution in [3.63, 3.8) is 0 Å². The lowest BCUT2D eigenvalue weighted by Gasteiger charge is -2.23. The van der Waals surface area contributed by atoms with E-state index in [-0.39, 0.29) is 41.5 Å². The molecule has 0 bridgehead atoms. The summed E-state index contributed by atoms with van der Waals surface area (Å²) in [4.78, 5) is 17.7. The molecule has 0 saturated carbocycles. The fourth-order valence-electron chi connectivity index (χ4n) is 4.40. The first-order valence-corrected chi connectivity index (χ1v) is 13.2. The Kier molecular flexibility index (Phi) is 9.39. The van der Waals surface area contributed by atoms with Crippen molar-refractivity contribution in [2.75, 3.05) is 19.8 Å². The lowest BCUT2D eigenvalue weighted by Crippen LogP contribution is -2.42. The number of aliphatic hydroxyl groups excluding tert-OH is 1. The van der Waals surface area contributed by atoms with Crippen LogP contribution in [0.15, 0.2) is 29.3 Å². The zero-order chi connectivity index (χ0) is 29.2. The molecule has 2 N–H and O–H groups in total. The van der Waals surface area contributed by atoms with Crippen molar-refractivity contribution in [1.82, 2.24) is 14.7 Å². The fourth-order valence-corrected chi connectivity index (χ4v) is 4.40. The Morgan fingerprint density at radius 2 is 1.90 bits per heavy atom. The van der Waals surface area contributed by atoms with Crippen molar-refractivity contribution in [1.29, 1.82) is 0 Å². The quantitative estimate of drug-likeness (QED) is 0.511. The van der Waals surface area contributed by atoms with Gasteiger partial charge in [-0.3, -0.25) is 14.2 Å². The molecule has 1 aliphatic rings. The number of hydrogen-bond acceptors (Lipinski definition) is 5. The van der Waals surface area contributed by atoms with Crippen molar-refractivity contribution >= 4 is 5.91 Å². The number of rotatable bonds is 8. The summed E-state index contributed by atoms with van der Waals surface area (Å²) in [6, 6.07) is 4.48. The first kappa shape index (κ1) is 30.9. The van der Waals surface area contributed by atoms with Crippen molar-refractivity contribution in [2.45, 2.75) is 90.3 Å². The molecular formula is C28H41F3N4O4. The summed E-state index contributed by atoms with van der Waals surface area (Å²) in [5.74, 6) is -0.949. The van der Waals surface area contributed by atoms with E-state index in [0.717, 1.165) is 36.7 Å². The van der Waals surface area contributed by atoms with Crippen LogP contribution in [-0.2, 0) is 29.9 Å². The minimum atomic E-state index is -4.66. The van der Waals surface area contributed by atoms with Gasteiger partial charge in [-0.25, -0.2) is 0 Å². The summed E-state index contributed by atoms with van der Waals surface area (Å²) >= 11 is 0. The van der Waals surface area contributed by atoms with E-state index in [2.05, 4.69) is 10.3 Å². The molecule has 1 aromatic carbocycles. The van der Waals surface area contributed by atoms with Gasteiger partial charge in [0, 0.05) is 42.9 Å². The van der Waals surface area contributed by atoms with Crippen LogP contribution in [0.25, 0.3) is 0 Å². The van der Waals surface area contributed by atoms with Crippen LogP contribution >= 0.6 is 0 Å². The SMILES string of the molecule is Cn1c(C(C)(C)C)cc(=NC(=O)c2cc(C(F)(F)F)ccc2OC[C@@H](O)CNC(C)(C)C)n1C[C@H]1CCCO1. The minimum Gasteiger partial charge on any atom is -0.490 e. The number of alkyl halides is 3. The first-order chi connectivity index (χ1) is 18.0. The number of β-amino-alcohol motifs (C(OH)–C–C–N with tert-alkyl or cyclic N) is 1. The fraction of sp³-hybridized carbons (Fsp3) is 0.643. The van der Waals surface area contributed by atoms with Gasteiger partial charge in [0.05, 0.1) is 23.8 Å². The van der Waals surface area contributed by atoms with Crippen LogP contribution in [0.1, 0.15) is 76.0 Å². The Labute approximate surface area is 227 Å². The maximum atomic E-state index is 13.5. The molecule has 1 aliphatic heterocycles. The first-order valence-electron chi connectivity index (χ1n) is 13.2. The maximum Gasteiger partial charge on any atom is 0.416 e. The molecule has 1 aromatic heterocycles. The topological polar surface area (TPSA) is 90.0 Å². The van der Waals surface area contributed by atoms with Gasteiger partial charge < -0.3 is 19.9 Å². The zero-order valence-corrected chi connectivity index (χ0v) is 23.9. The van der Waals surface area contributed by atoms with E-state index in [1.54, 1.807) is 6.07 Å². The van der Waals surface area contributed by atoms with Gasteiger partial charge in [0.25, 0.3) is 5.91 Å². The van der Waals surface area contributed by atoms with Crippen molar-refractivity contribution < 1.29 is 32.5 Å². The van der Waals surface area contributed by atoms with E-state index < -0.39 is 23.8 Å². The van der Waals surface area contributed by atoms with Gasteiger partial charge in [-0.1, -0.05) is 20.8 Å². The predicted molar refractivity (Wildman–Crippen MR) is 142 cm³/mol. The highest BCUT2D eigenvalue weighted by Gasteiger charge is 2.32. The summed E-state index contributed by atoms with van der Waals surface area (Å²) in [6.45, 7) is 13.0. The third-order valence-corrected chi connectivity index (χ3v) is 6.46. The molecule has 1 saturated heterocycles. The van der Waals surface area contributed by atoms with Crippen LogP contribution in [0, 0.1) is 0 Å². The number of carbonyl (C=O) groups excluding carboxylic acids is 1. The van der Waals surface area contributed by atoms with Gasteiger partial charge in [0.15, 0.2) is 5.49 Å². The average molecular weight is 555 g/mol. The lowest BCUT2D eigenvalue weighted by atomic mass is 9.92. The Hall–Kier alpha value is -2.63.